The van der Waals surface area contributed by atoms with Crippen LogP contribution in [0.2, 0.25) is 0 Å². The van der Waals surface area contributed by atoms with Gasteiger partial charge >= 0.3 is 5.97 Å². The largest absolute Gasteiger partial charge is 0.466 e. The fourth-order valence-corrected chi connectivity index (χ4v) is 3.57. The first-order valence-corrected chi connectivity index (χ1v) is 9.96. The van der Waals surface area contributed by atoms with E-state index in [1.54, 1.807) is 36.5 Å². The first-order valence-electron chi connectivity index (χ1n) is 9.96. The lowest BCUT2D eigenvalue weighted by Gasteiger charge is -2.34. The van der Waals surface area contributed by atoms with Crippen molar-refractivity contribution in [1.82, 2.24) is 19.8 Å². The number of nitriles is 1. The van der Waals surface area contributed by atoms with Gasteiger partial charge < -0.3 is 19.4 Å². The van der Waals surface area contributed by atoms with Gasteiger partial charge in [-0.25, -0.2) is 9.97 Å². The van der Waals surface area contributed by atoms with Crippen molar-refractivity contribution in [2.75, 3.05) is 50.8 Å². The summed E-state index contributed by atoms with van der Waals surface area (Å²) in [7, 11) is 0. The number of esters is 1. The summed E-state index contributed by atoms with van der Waals surface area (Å²) in [5, 5.41) is 9.50. The van der Waals surface area contributed by atoms with Gasteiger partial charge in [-0.1, -0.05) is 0 Å². The Labute approximate surface area is 170 Å². The summed E-state index contributed by atoms with van der Waals surface area (Å²) in [6.07, 6.45) is 6.22. The molecular formula is C20H26N6O3. The molecule has 0 saturated carbocycles. The van der Waals surface area contributed by atoms with E-state index in [1.807, 2.05) is 11.0 Å². The predicted molar refractivity (Wildman–Crippen MR) is 105 cm³/mol. The Morgan fingerprint density at radius 3 is 2.41 bits per heavy atom. The van der Waals surface area contributed by atoms with Gasteiger partial charge in [-0.3, -0.25) is 9.59 Å². The normalized spacial score (nSPS) is 18.3. The number of carbonyl (C=O) groups excluding carboxylic acids is 2. The number of carbonyl (C=O) groups is 2. The minimum Gasteiger partial charge on any atom is -0.466 e. The maximum Gasteiger partial charge on any atom is 0.309 e. The quantitative estimate of drug-likeness (QED) is 0.408. The summed E-state index contributed by atoms with van der Waals surface area (Å²) < 4.78 is 5.06. The summed E-state index contributed by atoms with van der Waals surface area (Å²) in [6, 6.07) is 3.82. The fourth-order valence-electron chi connectivity index (χ4n) is 3.57. The topological polar surface area (TPSA) is 103 Å². The first-order chi connectivity index (χ1) is 14.1. The highest BCUT2D eigenvalue weighted by Crippen LogP contribution is 2.20. The third-order valence-electron chi connectivity index (χ3n) is 5.21. The van der Waals surface area contributed by atoms with Gasteiger partial charge in [0.15, 0.2) is 0 Å². The molecule has 9 nitrogen and oxygen atoms in total. The predicted octanol–water partition coefficient (Wildman–Crippen LogP) is 0.808. The van der Waals surface area contributed by atoms with Gasteiger partial charge in [0.2, 0.25) is 5.95 Å². The monoisotopic (exact) mass is 398 g/mol. The van der Waals surface area contributed by atoms with Gasteiger partial charge in [0.25, 0.3) is 5.91 Å². The Morgan fingerprint density at radius 2 is 1.83 bits per heavy atom. The van der Waals surface area contributed by atoms with Crippen molar-refractivity contribution in [3.05, 3.63) is 30.2 Å². The Morgan fingerprint density at radius 1 is 1.17 bits per heavy atom. The molecule has 29 heavy (non-hydrogen) atoms. The second-order valence-electron chi connectivity index (χ2n) is 7.04. The molecule has 2 fully saturated rings. The van der Waals surface area contributed by atoms with Crippen molar-refractivity contribution >= 4 is 17.8 Å². The number of hydrogen-bond donors (Lipinski definition) is 0. The van der Waals surface area contributed by atoms with Crippen LogP contribution in [0.1, 0.15) is 19.8 Å². The molecule has 0 unspecified atom stereocenters. The van der Waals surface area contributed by atoms with Gasteiger partial charge in [-0.2, -0.15) is 5.26 Å². The molecule has 0 radical (unpaired) electrons. The lowest BCUT2D eigenvalue weighted by molar-refractivity contribution is -0.150. The molecule has 0 aromatic carbocycles. The average Bonchev–Trinajstić information content (AvgIpc) is 2.78. The molecule has 2 aliphatic heterocycles. The van der Waals surface area contributed by atoms with E-state index >= 15 is 0 Å². The number of ether oxygens (including phenoxy) is 1. The van der Waals surface area contributed by atoms with E-state index in [9.17, 15) is 14.9 Å². The number of rotatable bonds is 5. The molecular weight excluding hydrogens is 372 g/mol. The third-order valence-corrected chi connectivity index (χ3v) is 5.21. The number of piperazine rings is 1. The Kier molecular flexibility index (Phi) is 7.00. The van der Waals surface area contributed by atoms with E-state index < -0.39 is 0 Å². The van der Waals surface area contributed by atoms with Crippen molar-refractivity contribution in [3.63, 3.8) is 0 Å². The SMILES string of the molecule is CCOC(=O)C1CCN(C(=O)/C(C#N)=C\N2CCN(c3ncccn3)CC2)CC1. The molecule has 1 amide bonds. The van der Waals surface area contributed by atoms with E-state index in [2.05, 4.69) is 14.9 Å². The van der Waals surface area contributed by atoms with Crippen molar-refractivity contribution in [2.45, 2.75) is 19.8 Å². The van der Waals surface area contributed by atoms with Gasteiger partial charge in [0, 0.05) is 57.9 Å². The van der Waals surface area contributed by atoms with Crippen molar-refractivity contribution in [2.24, 2.45) is 5.92 Å². The van der Waals surface area contributed by atoms with Gasteiger partial charge in [0.05, 0.1) is 12.5 Å². The number of piperidine rings is 1. The number of anilines is 1. The molecule has 2 saturated heterocycles. The number of nitrogens with zero attached hydrogens (tertiary/aromatic N) is 6. The highest BCUT2D eigenvalue weighted by molar-refractivity contribution is 5.97. The summed E-state index contributed by atoms with van der Waals surface area (Å²) in [5.74, 6) is 0.0542. The van der Waals surface area contributed by atoms with E-state index in [-0.39, 0.29) is 23.4 Å². The molecule has 0 spiro atoms. The minimum atomic E-state index is -0.274. The second-order valence-corrected chi connectivity index (χ2v) is 7.04. The molecule has 1 aromatic rings. The smallest absolute Gasteiger partial charge is 0.309 e. The van der Waals surface area contributed by atoms with Crippen molar-refractivity contribution in [1.29, 1.82) is 5.26 Å². The average molecular weight is 398 g/mol. The zero-order valence-corrected chi connectivity index (χ0v) is 16.7. The van der Waals surface area contributed by atoms with E-state index in [0.717, 1.165) is 13.1 Å². The molecule has 0 aliphatic carbocycles. The van der Waals surface area contributed by atoms with Crippen molar-refractivity contribution < 1.29 is 14.3 Å². The highest BCUT2D eigenvalue weighted by atomic mass is 16.5. The molecule has 3 rings (SSSR count). The van der Waals surface area contributed by atoms with Crippen LogP contribution in [0, 0.1) is 17.2 Å². The third kappa shape index (κ3) is 5.22. The van der Waals surface area contributed by atoms with Crippen LogP contribution >= 0.6 is 0 Å². The standard InChI is InChI=1S/C20H26N6O3/c1-2-29-19(28)16-4-8-25(9-5-16)18(27)17(14-21)15-24-10-12-26(13-11-24)20-22-6-3-7-23-20/h3,6-7,15-16H,2,4-5,8-13H2,1H3/b17-15-. The van der Waals surface area contributed by atoms with E-state index in [0.29, 0.717) is 51.6 Å². The van der Waals surface area contributed by atoms with Crippen LogP contribution in [0.3, 0.4) is 0 Å². The maximum absolute atomic E-state index is 12.8. The van der Waals surface area contributed by atoms with Crippen LogP contribution in [0.5, 0.6) is 0 Å². The number of amides is 1. The van der Waals surface area contributed by atoms with Gasteiger partial charge in [0.1, 0.15) is 11.6 Å². The van der Waals surface area contributed by atoms with Crippen LogP contribution in [0.25, 0.3) is 0 Å². The molecule has 154 valence electrons. The second kappa shape index (κ2) is 9.87. The summed E-state index contributed by atoms with van der Waals surface area (Å²) in [4.78, 5) is 38.8. The van der Waals surface area contributed by atoms with Crippen LogP contribution in [0.4, 0.5) is 5.95 Å². The van der Waals surface area contributed by atoms with Gasteiger partial charge in [-0.15, -0.1) is 0 Å². The molecule has 9 heteroatoms. The molecule has 0 bridgehead atoms. The maximum atomic E-state index is 12.8. The fraction of sp³-hybridized carbons (Fsp3) is 0.550. The minimum absolute atomic E-state index is 0.129. The van der Waals surface area contributed by atoms with Crippen LogP contribution < -0.4 is 4.90 Å². The summed E-state index contributed by atoms with van der Waals surface area (Å²) in [6.45, 7) is 5.87. The van der Waals surface area contributed by atoms with Crippen LogP contribution in [-0.2, 0) is 14.3 Å². The Hall–Kier alpha value is -3.15. The lowest BCUT2D eigenvalue weighted by atomic mass is 9.96. The lowest BCUT2D eigenvalue weighted by Crippen LogP contribution is -2.45. The van der Waals surface area contributed by atoms with Crippen molar-refractivity contribution in [3.8, 4) is 6.07 Å². The number of hydrogen-bond acceptors (Lipinski definition) is 8. The number of aromatic nitrogens is 2. The number of likely N-dealkylation sites (tertiary alicyclic amines) is 1. The van der Waals surface area contributed by atoms with Crippen LogP contribution in [-0.4, -0.2) is 77.5 Å². The van der Waals surface area contributed by atoms with Gasteiger partial charge in [-0.05, 0) is 25.8 Å². The zero-order valence-electron chi connectivity index (χ0n) is 16.7. The highest BCUT2D eigenvalue weighted by Gasteiger charge is 2.30. The molecule has 0 N–H and O–H groups in total. The summed E-state index contributed by atoms with van der Waals surface area (Å²) in [5.41, 5.74) is 0.129. The molecule has 2 aliphatic rings. The van der Waals surface area contributed by atoms with E-state index in [4.69, 9.17) is 4.74 Å². The summed E-state index contributed by atoms with van der Waals surface area (Å²) >= 11 is 0. The zero-order chi connectivity index (χ0) is 20.6. The Bertz CT molecular complexity index is 775. The Balaban J connectivity index is 1.53. The molecule has 0 atom stereocenters. The first kappa shape index (κ1) is 20.6. The molecule has 1 aromatic heterocycles. The van der Waals surface area contributed by atoms with Crippen LogP contribution in [0.15, 0.2) is 30.2 Å². The van der Waals surface area contributed by atoms with E-state index in [1.165, 1.54) is 0 Å². The molecule has 3 heterocycles.